The molecule has 108 valence electrons. The number of halogens is 1. The molecule has 0 fully saturated rings. The molecule has 0 aromatic heterocycles. The van der Waals surface area contributed by atoms with E-state index in [1.807, 2.05) is 25.1 Å². The van der Waals surface area contributed by atoms with Crippen LogP contribution >= 0.6 is 15.9 Å². The van der Waals surface area contributed by atoms with Gasteiger partial charge in [0, 0.05) is 6.42 Å². The van der Waals surface area contributed by atoms with Crippen molar-refractivity contribution in [3.8, 4) is 17.6 Å². The molecule has 2 aromatic rings. The Bertz CT molecular complexity index is 632. The Labute approximate surface area is 133 Å². The lowest BCUT2D eigenvalue weighted by Gasteiger charge is -2.09. The number of hydrogen-bond donors (Lipinski definition) is 0. The zero-order valence-corrected chi connectivity index (χ0v) is 13.4. The Balaban J connectivity index is 1.71. The number of nitriles is 1. The second kappa shape index (κ2) is 7.70. The fraction of sp³-hybridized carbons (Fsp3) is 0.235. The summed E-state index contributed by atoms with van der Waals surface area (Å²) in [5.74, 6) is 1.62. The highest BCUT2D eigenvalue weighted by Gasteiger charge is 2.01. The molecule has 0 saturated heterocycles. The highest BCUT2D eigenvalue weighted by molar-refractivity contribution is 9.10. The summed E-state index contributed by atoms with van der Waals surface area (Å²) in [6.07, 6.45) is 0.792. The van der Waals surface area contributed by atoms with Crippen molar-refractivity contribution < 1.29 is 9.47 Å². The molecule has 0 amide bonds. The monoisotopic (exact) mass is 345 g/mol. The smallest absolute Gasteiger partial charge is 0.133 e. The molecular formula is C17H16BrNO2. The molecule has 3 nitrogen and oxygen atoms in total. The first-order valence-corrected chi connectivity index (χ1v) is 7.50. The highest BCUT2D eigenvalue weighted by Crippen LogP contribution is 2.25. The van der Waals surface area contributed by atoms with Crippen LogP contribution < -0.4 is 9.47 Å². The van der Waals surface area contributed by atoms with E-state index in [0.29, 0.717) is 18.8 Å². The molecule has 0 aliphatic carbocycles. The minimum Gasteiger partial charge on any atom is -0.493 e. The molecular weight excluding hydrogens is 330 g/mol. The third-order valence-corrected chi connectivity index (χ3v) is 3.51. The van der Waals surface area contributed by atoms with Gasteiger partial charge in [-0.2, -0.15) is 5.26 Å². The Kier molecular flexibility index (Phi) is 5.65. The first-order chi connectivity index (χ1) is 10.2. The molecule has 0 spiro atoms. The first kappa shape index (κ1) is 15.4. The lowest BCUT2D eigenvalue weighted by Crippen LogP contribution is -2.05. The Hall–Kier alpha value is -1.99. The standard InChI is InChI=1S/C17H16BrNO2/c1-13-3-8-17(16(18)11-13)21-10-2-9-20-15-6-4-14(12-19)5-7-15/h3-8,11H,2,9-10H2,1H3. The van der Waals surface area contributed by atoms with Gasteiger partial charge >= 0.3 is 0 Å². The van der Waals surface area contributed by atoms with Crippen molar-refractivity contribution in [2.45, 2.75) is 13.3 Å². The van der Waals surface area contributed by atoms with Gasteiger partial charge in [-0.05, 0) is 64.8 Å². The number of aryl methyl sites for hydroxylation is 1. The zero-order valence-electron chi connectivity index (χ0n) is 11.8. The van der Waals surface area contributed by atoms with Gasteiger partial charge in [0.25, 0.3) is 0 Å². The van der Waals surface area contributed by atoms with Crippen LogP contribution in [-0.4, -0.2) is 13.2 Å². The number of ether oxygens (including phenoxy) is 2. The number of benzene rings is 2. The van der Waals surface area contributed by atoms with Gasteiger partial charge in [-0.1, -0.05) is 6.07 Å². The van der Waals surface area contributed by atoms with E-state index in [1.165, 1.54) is 5.56 Å². The van der Waals surface area contributed by atoms with Gasteiger partial charge in [0.1, 0.15) is 11.5 Å². The van der Waals surface area contributed by atoms with Crippen LogP contribution in [0.2, 0.25) is 0 Å². The van der Waals surface area contributed by atoms with E-state index < -0.39 is 0 Å². The highest BCUT2D eigenvalue weighted by atomic mass is 79.9. The van der Waals surface area contributed by atoms with Crippen LogP contribution in [0, 0.1) is 18.3 Å². The van der Waals surface area contributed by atoms with Crippen LogP contribution in [0.5, 0.6) is 11.5 Å². The third-order valence-electron chi connectivity index (χ3n) is 2.89. The predicted octanol–water partition coefficient (Wildman–Crippen LogP) is 4.48. The van der Waals surface area contributed by atoms with E-state index in [4.69, 9.17) is 14.7 Å². The molecule has 4 heteroatoms. The van der Waals surface area contributed by atoms with Gasteiger partial charge in [-0.3, -0.25) is 0 Å². The van der Waals surface area contributed by atoms with Crippen molar-refractivity contribution in [1.29, 1.82) is 5.26 Å². The zero-order chi connectivity index (χ0) is 15.1. The topological polar surface area (TPSA) is 42.2 Å². The summed E-state index contributed by atoms with van der Waals surface area (Å²) in [7, 11) is 0. The SMILES string of the molecule is Cc1ccc(OCCCOc2ccc(C#N)cc2)c(Br)c1. The fourth-order valence-corrected chi connectivity index (χ4v) is 2.39. The lowest BCUT2D eigenvalue weighted by atomic mass is 10.2. The molecule has 0 heterocycles. The van der Waals surface area contributed by atoms with E-state index >= 15 is 0 Å². The first-order valence-electron chi connectivity index (χ1n) is 6.71. The van der Waals surface area contributed by atoms with Crippen LogP contribution in [0.15, 0.2) is 46.9 Å². The van der Waals surface area contributed by atoms with Crippen molar-refractivity contribution in [2.75, 3.05) is 13.2 Å². The number of rotatable bonds is 6. The second-order valence-electron chi connectivity index (χ2n) is 4.62. The maximum atomic E-state index is 8.71. The van der Waals surface area contributed by atoms with Crippen molar-refractivity contribution >= 4 is 15.9 Å². The Morgan fingerprint density at radius 1 is 1.05 bits per heavy atom. The van der Waals surface area contributed by atoms with Crippen molar-refractivity contribution in [3.05, 3.63) is 58.1 Å². The maximum absolute atomic E-state index is 8.71. The Morgan fingerprint density at radius 2 is 1.76 bits per heavy atom. The average Bonchev–Trinajstić information content (AvgIpc) is 2.49. The van der Waals surface area contributed by atoms with Gasteiger partial charge < -0.3 is 9.47 Å². The fourth-order valence-electron chi connectivity index (χ4n) is 1.78. The molecule has 0 unspecified atom stereocenters. The van der Waals surface area contributed by atoms with Crippen LogP contribution in [0.3, 0.4) is 0 Å². The number of hydrogen-bond acceptors (Lipinski definition) is 3. The van der Waals surface area contributed by atoms with Crippen LogP contribution in [0.4, 0.5) is 0 Å². The average molecular weight is 346 g/mol. The summed E-state index contributed by atoms with van der Waals surface area (Å²) >= 11 is 3.48. The van der Waals surface area contributed by atoms with Gasteiger partial charge in [-0.15, -0.1) is 0 Å². The third kappa shape index (κ3) is 4.80. The van der Waals surface area contributed by atoms with Crippen molar-refractivity contribution in [2.24, 2.45) is 0 Å². The van der Waals surface area contributed by atoms with Crippen molar-refractivity contribution in [1.82, 2.24) is 0 Å². The maximum Gasteiger partial charge on any atom is 0.133 e. The van der Waals surface area contributed by atoms with Gasteiger partial charge in [0.2, 0.25) is 0 Å². The molecule has 0 radical (unpaired) electrons. The van der Waals surface area contributed by atoms with Gasteiger partial charge in [0.05, 0.1) is 29.3 Å². The largest absolute Gasteiger partial charge is 0.493 e. The van der Waals surface area contributed by atoms with Crippen molar-refractivity contribution in [3.63, 3.8) is 0 Å². The molecule has 0 bridgehead atoms. The summed E-state index contributed by atoms with van der Waals surface area (Å²) in [6.45, 7) is 3.22. The summed E-state index contributed by atoms with van der Waals surface area (Å²) in [5.41, 5.74) is 1.83. The predicted molar refractivity (Wildman–Crippen MR) is 85.6 cm³/mol. The molecule has 0 N–H and O–H groups in total. The number of nitrogens with zero attached hydrogens (tertiary/aromatic N) is 1. The van der Waals surface area contributed by atoms with E-state index in [9.17, 15) is 0 Å². The van der Waals surface area contributed by atoms with E-state index in [-0.39, 0.29) is 0 Å². The molecule has 0 saturated carbocycles. The van der Waals surface area contributed by atoms with Gasteiger partial charge in [-0.25, -0.2) is 0 Å². The molecule has 0 aliphatic heterocycles. The quantitative estimate of drug-likeness (QED) is 0.725. The second-order valence-corrected chi connectivity index (χ2v) is 5.47. The molecule has 0 atom stereocenters. The summed E-state index contributed by atoms with van der Waals surface area (Å²) in [4.78, 5) is 0. The van der Waals surface area contributed by atoms with E-state index in [2.05, 4.69) is 22.0 Å². The minimum absolute atomic E-state index is 0.579. The van der Waals surface area contributed by atoms with E-state index in [0.717, 1.165) is 22.4 Å². The van der Waals surface area contributed by atoms with Crippen LogP contribution in [0.25, 0.3) is 0 Å². The van der Waals surface area contributed by atoms with Gasteiger partial charge in [0.15, 0.2) is 0 Å². The Morgan fingerprint density at radius 3 is 2.43 bits per heavy atom. The summed E-state index contributed by atoms with van der Waals surface area (Å²) < 4.78 is 12.3. The van der Waals surface area contributed by atoms with Crippen LogP contribution in [-0.2, 0) is 0 Å². The normalized spacial score (nSPS) is 9.95. The molecule has 21 heavy (non-hydrogen) atoms. The molecule has 2 rings (SSSR count). The van der Waals surface area contributed by atoms with E-state index in [1.54, 1.807) is 24.3 Å². The lowest BCUT2D eigenvalue weighted by molar-refractivity contribution is 0.246. The summed E-state index contributed by atoms with van der Waals surface area (Å²) in [6, 6.07) is 15.2. The molecule has 0 aliphatic rings. The molecule has 2 aromatic carbocycles. The minimum atomic E-state index is 0.579. The van der Waals surface area contributed by atoms with Crippen LogP contribution in [0.1, 0.15) is 17.5 Å². The summed E-state index contributed by atoms with van der Waals surface area (Å²) in [5, 5.41) is 8.71.